The molecular weight excluding hydrogens is 340 g/mol. The summed E-state index contributed by atoms with van der Waals surface area (Å²) in [6.45, 7) is 0.236. The molecule has 0 unspecified atom stereocenters. The van der Waals surface area contributed by atoms with Gasteiger partial charge in [-0.25, -0.2) is 13.1 Å². The monoisotopic (exact) mass is 352 g/mol. The molecule has 0 saturated carbocycles. The summed E-state index contributed by atoms with van der Waals surface area (Å²) < 4.78 is 31.3. The van der Waals surface area contributed by atoms with Crippen LogP contribution in [0.3, 0.4) is 0 Å². The molecule has 0 amide bonds. The standard InChI is InChI=1S/C10H13BrN2O5S/c1-18-9-4-3-8(13(14)15)7-10(9)19(16,17)12-6-2-5-11/h3-4,7,12H,2,5-6H2,1H3. The number of nitro groups is 1. The molecule has 0 aliphatic carbocycles. The van der Waals surface area contributed by atoms with Crippen molar-refractivity contribution in [3.05, 3.63) is 28.3 Å². The van der Waals surface area contributed by atoms with Crippen LogP contribution in [0.15, 0.2) is 23.1 Å². The number of hydrogen-bond donors (Lipinski definition) is 1. The summed E-state index contributed by atoms with van der Waals surface area (Å²) in [5.74, 6) is 0.0666. The molecule has 1 rings (SSSR count). The van der Waals surface area contributed by atoms with E-state index in [1.807, 2.05) is 0 Å². The van der Waals surface area contributed by atoms with Gasteiger partial charge in [-0.15, -0.1) is 0 Å². The zero-order chi connectivity index (χ0) is 14.5. The minimum Gasteiger partial charge on any atom is -0.495 e. The Balaban J connectivity index is 3.15. The summed E-state index contributed by atoms with van der Waals surface area (Å²) in [4.78, 5) is 9.79. The number of benzene rings is 1. The van der Waals surface area contributed by atoms with Crippen molar-refractivity contribution in [1.82, 2.24) is 4.72 Å². The Labute approximate surface area is 119 Å². The quantitative estimate of drug-likeness (QED) is 0.348. The number of ether oxygens (including phenoxy) is 1. The first-order valence-corrected chi connectivity index (χ1v) is 7.91. The molecule has 0 atom stereocenters. The van der Waals surface area contributed by atoms with Crippen molar-refractivity contribution in [3.8, 4) is 5.75 Å². The zero-order valence-corrected chi connectivity index (χ0v) is 12.5. The lowest BCUT2D eigenvalue weighted by Crippen LogP contribution is -2.25. The maximum atomic E-state index is 12.0. The Bertz CT molecular complexity index is 561. The third kappa shape index (κ3) is 4.15. The van der Waals surface area contributed by atoms with E-state index in [0.29, 0.717) is 11.8 Å². The van der Waals surface area contributed by atoms with Crippen molar-refractivity contribution in [3.63, 3.8) is 0 Å². The van der Waals surface area contributed by atoms with E-state index in [9.17, 15) is 18.5 Å². The number of nitrogens with zero attached hydrogens (tertiary/aromatic N) is 1. The molecule has 19 heavy (non-hydrogen) atoms. The van der Waals surface area contributed by atoms with Crippen LogP contribution in [0, 0.1) is 10.1 Å². The number of methoxy groups -OCH3 is 1. The SMILES string of the molecule is COc1ccc([N+](=O)[O-])cc1S(=O)(=O)NCCCBr. The fourth-order valence-electron chi connectivity index (χ4n) is 1.34. The largest absolute Gasteiger partial charge is 0.495 e. The van der Waals surface area contributed by atoms with Crippen LogP contribution in [0.2, 0.25) is 0 Å². The van der Waals surface area contributed by atoms with Gasteiger partial charge < -0.3 is 4.74 Å². The van der Waals surface area contributed by atoms with Crippen molar-refractivity contribution in [2.24, 2.45) is 0 Å². The summed E-state index contributed by atoms with van der Waals surface area (Å²) in [6, 6.07) is 3.43. The Morgan fingerprint density at radius 3 is 2.68 bits per heavy atom. The van der Waals surface area contributed by atoms with E-state index in [2.05, 4.69) is 20.7 Å². The topological polar surface area (TPSA) is 98.5 Å². The molecule has 0 saturated heterocycles. The normalized spacial score (nSPS) is 11.3. The van der Waals surface area contributed by atoms with Crippen molar-refractivity contribution in [2.45, 2.75) is 11.3 Å². The van der Waals surface area contributed by atoms with E-state index < -0.39 is 14.9 Å². The van der Waals surface area contributed by atoms with Crippen molar-refractivity contribution in [2.75, 3.05) is 19.0 Å². The summed E-state index contributed by atoms with van der Waals surface area (Å²) >= 11 is 3.18. The van der Waals surface area contributed by atoms with Crippen LogP contribution < -0.4 is 9.46 Å². The lowest BCUT2D eigenvalue weighted by atomic mass is 10.3. The number of hydrogen-bond acceptors (Lipinski definition) is 5. The first-order chi connectivity index (χ1) is 8.92. The first-order valence-electron chi connectivity index (χ1n) is 5.30. The molecule has 106 valence electrons. The van der Waals surface area contributed by atoms with Gasteiger partial charge in [-0.2, -0.15) is 0 Å². The zero-order valence-electron chi connectivity index (χ0n) is 10.1. The number of alkyl halides is 1. The van der Waals surface area contributed by atoms with Gasteiger partial charge in [0.25, 0.3) is 5.69 Å². The highest BCUT2D eigenvalue weighted by Crippen LogP contribution is 2.27. The second-order valence-electron chi connectivity index (χ2n) is 3.53. The Morgan fingerprint density at radius 2 is 2.16 bits per heavy atom. The van der Waals surface area contributed by atoms with E-state index >= 15 is 0 Å². The van der Waals surface area contributed by atoms with E-state index in [4.69, 9.17) is 4.74 Å². The molecule has 7 nitrogen and oxygen atoms in total. The number of nitro benzene ring substituents is 1. The minimum atomic E-state index is -3.83. The molecule has 0 aliphatic heterocycles. The minimum absolute atomic E-state index is 0.0666. The van der Waals surface area contributed by atoms with Gasteiger partial charge in [0.1, 0.15) is 10.6 Å². The Kier molecular flexibility index (Phi) is 5.70. The van der Waals surface area contributed by atoms with Crippen LogP contribution in [0.25, 0.3) is 0 Å². The second-order valence-corrected chi connectivity index (χ2v) is 6.06. The number of non-ortho nitro benzene ring substituents is 1. The van der Waals surface area contributed by atoms with Crippen LogP contribution in [0.5, 0.6) is 5.75 Å². The van der Waals surface area contributed by atoms with Gasteiger partial charge in [-0.05, 0) is 12.5 Å². The summed E-state index contributed by atoms with van der Waals surface area (Å²) in [5, 5.41) is 11.3. The van der Waals surface area contributed by atoms with E-state index in [1.165, 1.54) is 19.2 Å². The van der Waals surface area contributed by atoms with E-state index in [-0.39, 0.29) is 22.9 Å². The van der Waals surface area contributed by atoms with Crippen LogP contribution in [0.1, 0.15) is 6.42 Å². The molecule has 0 aromatic heterocycles. The molecular formula is C10H13BrN2O5S. The lowest BCUT2D eigenvalue weighted by Gasteiger charge is -2.10. The highest BCUT2D eigenvalue weighted by molar-refractivity contribution is 9.09. The molecule has 0 bridgehead atoms. The molecule has 9 heteroatoms. The predicted molar refractivity (Wildman–Crippen MR) is 73.2 cm³/mol. The third-order valence-electron chi connectivity index (χ3n) is 2.25. The molecule has 0 radical (unpaired) electrons. The highest BCUT2D eigenvalue weighted by atomic mass is 79.9. The first kappa shape index (κ1) is 15.9. The average Bonchev–Trinajstić information content (AvgIpc) is 2.38. The highest BCUT2D eigenvalue weighted by Gasteiger charge is 2.22. The van der Waals surface area contributed by atoms with Gasteiger partial charge in [0, 0.05) is 24.0 Å². The smallest absolute Gasteiger partial charge is 0.271 e. The van der Waals surface area contributed by atoms with Gasteiger partial charge in [0.2, 0.25) is 10.0 Å². The number of sulfonamides is 1. The number of nitrogens with one attached hydrogen (secondary N) is 1. The summed E-state index contributed by atoms with van der Waals surface area (Å²) in [6.07, 6.45) is 0.608. The lowest BCUT2D eigenvalue weighted by molar-refractivity contribution is -0.385. The summed E-state index contributed by atoms with van der Waals surface area (Å²) in [5.41, 5.74) is -0.304. The van der Waals surface area contributed by atoms with Crippen LogP contribution in [-0.4, -0.2) is 32.3 Å². The van der Waals surface area contributed by atoms with Crippen LogP contribution >= 0.6 is 15.9 Å². The molecule has 0 spiro atoms. The van der Waals surface area contributed by atoms with Gasteiger partial charge in [0.05, 0.1) is 12.0 Å². The van der Waals surface area contributed by atoms with E-state index in [1.54, 1.807) is 0 Å². The molecule has 0 heterocycles. The number of rotatable bonds is 7. The van der Waals surface area contributed by atoms with Crippen molar-refractivity contribution in [1.29, 1.82) is 0 Å². The van der Waals surface area contributed by atoms with Crippen LogP contribution in [-0.2, 0) is 10.0 Å². The van der Waals surface area contributed by atoms with Crippen molar-refractivity contribution < 1.29 is 18.1 Å². The van der Waals surface area contributed by atoms with Gasteiger partial charge >= 0.3 is 0 Å². The molecule has 0 fully saturated rings. The van der Waals surface area contributed by atoms with Gasteiger partial charge in [0.15, 0.2) is 0 Å². The fourth-order valence-corrected chi connectivity index (χ4v) is 2.88. The van der Waals surface area contributed by atoms with Crippen LogP contribution in [0.4, 0.5) is 5.69 Å². The molecule has 0 aliphatic rings. The molecule has 1 aromatic carbocycles. The summed E-state index contributed by atoms with van der Waals surface area (Å²) in [7, 11) is -2.53. The third-order valence-corrected chi connectivity index (χ3v) is 4.29. The second kappa shape index (κ2) is 6.83. The van der Waals surface area contributed by atoms with Crippen molar-refractivity contribution >= 4 is 31.6 Å². The predicted octanol–water partition coefficient (Wildman–Crippen LogP) is 1.67. The Morgan fingerprint density at radius 1 is 1.47 bits per heavy atom. The average molecular weight is 353 g/mol. The fraction of sp³-hybridized carbons (Fsp3) is 0.400. The molecule has 1 N–H and O–H groups in total. The van der Waals surface area contributed by atoms with Gasteiger partial charge in [-0.3, -0.25) is 10.1 Å². The molecule has 1 aromatic rings. The maximum absolute atomic E-state index is 12.0. The van der Waals surface area contributed by atoms with E-state index in [0.717, 1.165) is 6.07 Å². The van der Waals surface area contributed by atoms with Gasteiger partial charge in [-0.1, -0.05) is 15.9 Å². The maximum Gasteiger partial charge on any atom is 0.271 e. The number of halogens is 1. The Hall–Kier alpha value is -1.19.